The normalized spacial score (nSPS) is 26.9. The van der Waals surface area contributed by atoms with Gasteiger partial charge in [0.25, 0.3) is 0 Å². The van der Waals surface area contributed by atoms with Crippen LogP contribution in [-0.2, 0) is 9.53 Å². The fourth-order valence-corrected chi connectivity index (χ4v) is 5.14. The van der Waals surface area contributed by atoms with Gasteiger partial charge in [-0.25, -0.2) is 10.4 Å². The molecule has 0 radical (unpaired) electrons. The van der Waals surface area contributed by atoms with E-state index in [2.05, 4.69) is 37.3 Å². The molecule has 4 N–H and O–H groups in total. The molecule has 0 saturated carbocycles. The number of morpholine rings is 1. The summed E-state index contributed by atoms with van der Waals surface area (Å²) in [5.74, 6) is 1.08. The number of piperidine rings is 1. The fraction of sp³-hybridized carbons (Fsp3) is 0.478. The number of carbonyl (C=O) groups excluding carboxylic acids is 1. The average Bonchev–Trinajstić information content (AvgIpc) is 3.13. The zero-order valence-electron chi connectivity index (χ0n) is 19.3. The molecule has 2 aromatic rings. The van der Waals surface area contributed by atoms with Crippen LogP contribution in [0.15, 0.2) is 36.5 Å². The maximum Gasteiger partial charge on any atom is 0.244 e. The first kappa shape index (κ1) is 23.0. The number of nitrogens with zero attached hydrogens (tertiary/aromatic N) is 3. The second-order valence-electron chi connectivity index (χ2n) is 8.70. The van der Waals surface area contributed by atoms with Gasteiger partial charge in [0.2, 0.25) is 5.91 Å². The van der Waals surface area contributed by atoms with Gasteiger partial charge in [0.05, 0.1) is 61.2 Å². The minimum Gasteiger partial charge on any atom is -0.493 e. The van der Waals surface area contributed by atoms with Crippen LogP contribution in [0.25, 0.3) is 0 Å². The number of pyridine rings is 1. The van der Waals surface area contributed by atoms with Crippen molar-refractivity contribution >= 4 is 34.7 Å². The Morgan fingerprint density at radius 3 is 2.76 bits per heavy atom. The standard InChI is InChI=1S/C23H30ClN7O3/c1-30-23(32)20-17(26-16-5-3-4-15(24)21(16)33-2)12-19(28-22(20)29-30)27-18-7-6-14(13-25-18)31-8-10-34-11-9-31/h3-7,13,17,19-20,22,26,28-29H,8-12H2,1-2H3,(H,25,27). The number of hydrogen-bond acceptors (Lipinski definition) is 9. The maximum absolute atomic E-state index is 12.9. The average molecular weight is 488 g/mol. The summed E-state index contributed by atoms with van der Waals surface area (Å²) >= 11 is 6.32. The summed E-state index contributed by atoms with van der Waals surface area (Å²) in [6.07, 6.45) is 2.19. The number of amides is 1. The van der Waals surface area contributed by atoms with Gasteiger partial charge in [0, 0.05) is 32.6 Å². The van der Waals surface area contributed by atoms with Crippen molar-refractivity contribution in [1.29, 1.82) is 0 Å². The lowest BCUT2D eigenvalue weighted by molar-refractivity contribution is -0.131. The van der Waals surface area contributed by atoms with Crippen molar-refractivity contribution in [3.63, 3.8) is 0 Å². The van der Waals surface area contributed by atoms with Crippen molar-refractivity contribution in [2.45, 2.75) is 24.8 Å². The van der Waals surface area contributed by atoms with Crippen molar-refractivity contribution in [1.82, 2.24) is 20.7 Å². The van der Waals surface area contributed by atoms with Crippen molar-refractivity contribution in [3.05, 3.63) is 41.6 Å². The number of nitrogens with one attached hydrogen (secondary N) is 4. The molecule has 34 heavy (non-hydrogen) atoms. The number of benzene rings is 1. The predicted octanol–water partition coefficient (Wildman–Crippen LogP) is 1.71. The number of methoxy groups -OCH3 is 1. The lowest BCUT2D eigenvalue weighted by Gasteiger charge is -2.39. The highest BCUT2D eigenvalue weighted by Gasteiger charge is 2.48. The van der Waals surface area contributed by atoms with E-state index in [9.17, 15) is 4.79 Å². The fourth-order valence-electron chi connectivity index (χ4n) is 4.89. The molecule has 10 nitrogen and oxygen atoms in total. The van der Waals surface area contributed by atoms with Crippen molar-refractivity contribution < 1.29 is 14.3 Å². The Morgan fingerprint density at radius 1 is 1.21 bits per heavy atom. The van der Waals surface area contributed by atoms with Gasteiger partial charge in [-0.1, -0.05) is 17.7 Å². The second kappa shape index (κ2) is 9.83. The predicted molar refractivity (Wildman–Crippen MR) is 131 cm³/mol. The van der Waals surface area contributed by atoms with Gasteiger partial charge in [0.15, 0.2) is 5.75 Å². The third-order valence-electron chi connectivity index (χ3n) is 6.57. The van der Waals surface area contributed by atoms with E-state index in [0.717, 1.165) is 43.5 Å². The molecule has 0 aliphatic carbocycles. The molecule has 3 aliphatic rings. The maximum atomic E-state index is 12.9. The van der Waals surface area contributed by atoms with Crippen molar-refractivity contribution in [2.75, 3.05) is 56.0 Å². The molecule has 4 unspecified atom stereocenters. The summed E-state index contributed by atoms with van der Waals surface area (Å²) in [5, 5.41) is 12.6. The van der Waals surface area contributed by atoms with E-state index in [-0.39, 0.29) is 30.2 Å². The van der Waals surface area contributed by atoms with Crippen LogP contribution in [0.5, 0.6) is 5.75 Å². The van der Waals surface area contributed by atoms with E-state index in [1.165, 1.54) is 0 Å². The number of para-hydroxylation sites is 1. The summed E-state index contributed by atoms with van der Waals surface area (Å²) < 4.78 is 10.9. The van der Waals surface area contributed by atoms with Gasteiger partial charge in [-0.2, -0.15) is 0 Å². The zero-order chi connectivity index (χ0) is 23.7. The van der Waals surface area contributed by atoms with E-state index in [0.29, 0.717) is 17.2 Å². The number of aromatic nitrogens is 1. The Kier molecular flexibility index (Phi) is 6.64. The smallest absolute Gasteiger partial charge is 0.244 e. The highest BCUT2D eigenvalue weighted by molar-refractivity contribution is 6.32. The van der Waals surface area contributed by atoms with Crippen molar-refractivity contribution in [2.24, 2.45) is 5.92 Å². The molecule has 11 heteroatoms. The molecule has 3 aliphatic heterocycles. The highest BCUT2D eigenvalue weighted by atomic mass is 35.5. The lowest BCUT2D eigenvalue weighted by Crippen LogP contribution is -2.60. The second-order valence-corrected chi connectivity index (χ2v) is 9.11. The first-order chi connectivity index (χ1) is 16.5. The number of fused-ring (bicyclic) bond motifs is 1. The van der Waals surface area contributed by atoms with Crippen LogP contribution in [0.3, 0.4) is 0 Å². The third-order valence-corrected chi connectivity index (χ3v) is 6.87. The summed E-state index contributed by atoms with van der Waals surface area (Å²) in [7, 11) is 3.33. The number of rotatable bonds is 6. The SMILES string of the molecule is COc1c(Cl)cccc1NC1CC(Nc2ccc(N3CCOCC3)cn2)NC2NN(C)C(=O)C12. The Balaban J connectivity index is 1.32. The minimum absolute atomic E-state index is 0.0300. The van der Waals surface area contributed by atoms with E-state index in [4.69, 9.17) is 21.1 Å². The Bertz CT molecular complexity index is 1020. The molecule has 1 amide bonds. The topological polar surface area (TPSA) is 103 Å². The summed E-state index contributed by atoms with van der Waals surface area (Å²) in [5.41, 5.74) is 5.07. The molecule has 5 rings (SSSR count). The number of ether oxygens (including phenoxy) is 2. The molecule has 0 bridgehead atoms. The molecular weight excluding hydrogens is 458 g/mol. The van der Waals surface area contributed by atoms with Gasteiger partial charge < -0.3 is 25.0 Å². The quantitative estimate of drug-likeness (QED) is 0.485. The van der Waals surface area contributed by atoms with Crippen LogP contribution in [0, 0.1) is 5.92 Å². The third kappa shape index (κ3) is 4.58. The minimum atomic E-state index is -0.289. The molecule has 3 saturated heterocycles. The Labute approximate surface area is 203 Å². The number of hydrogen-bond donors (Lipinski definition) is 4. The zero-order valence-corrected chi connectivity index (χ0v) is 20.0. The molecule has 4 heterocycles. The largest absolute Gasteiger partial charge is 0.493 e. The lowest BCUT2D eigenvalue weighted by atomic mass is 9.88. The molecular formula is C23H30ClN7O3. The van der Waals surface area contributed by atoms with E-state index in [1.807, 2.05) is 24.4 Å². The molecule has 1 aromatic heterocycles. The monoisotopic (exact) mass is 487 g/mol. The Hall–Kier alpha value is -2.79. The summed E-state index contributed by atoms with van der Waals surface area (Å²) in [4.78, 5) is 19.8. The highest BCUT2D eigenvalue weighted by Crippen LogP contribution is 2.36. The van der Waals surface area contributed by atoms with Crippen LogP contribution in [0.4, 0.5) is 17.2 Å². The van der Waals surface area contributed by atoms with E-state index >= 15 is 0 Å². The van der Waals surface area contributed by atoms with Crippen LogP contribution >= 0.6 is 11.6 Å². The molecule has 4 atom stereocenters. The van der Waals surface area contributed by atoms with Gasteiger partial charge in [-0.15, -0.1) is 0 Å². The van der Waals surface area contributed by atoms with E-state index in [1.54, 1.807) is 25.2 Å². The number of halogens is 1. The van der Waals surface area contributed by atoms with Crippen LogP contribution in [0.1, 0.15) is 6.42 Å². The summed E-state index contributed by atoms with van der Waals surface area (Å²) in [6.45, 7) is 3.21. The van der Waals surface area contributed by atoms with Crippen LogP contribution in [-0.4, -0.2) is 74.7 Å². The van der Waals surface area contributed by atoms with Gasteiger partial charge in [-0.3, -0.25) is 15.1 Å². The molecule has 0 spiro atoms. The first-order valence-corrected chi connectivity index (χ1v) is 11.9. The number of carbonyl (C=O) groups is 1. The number of anilines is 3. The first-order valence-electron chi connectivity index (χ1n) is 11.5. The van der Waals surface area contributed by atoms with Gasteiger partial charge in [0.1, 0.15) is 5.82 Å². The Morgan fingerprint density at radius 2 is 2.03 bits per heavy atom. The van der Waals surface area contributed by atoms with Gasteiger partial charge >= 0.3 is 0 Å². The van der Waals surface area contributed by atoms with Crippen LogP contribution in [0.2, 0.25) is 5.02 Å². The molecule has 1 aromatic carbocycles. The van der Waals surface area contributed by atoms with Crippen LogP contribution < -0.4 is 31.0 Å². The molecule has 3 fully saturated rings. The molecule has 182 valence electrons. The van der Waals surface area contributed by atoms with Gasteiger partial charge in [-0.05, 0) is 24.3 Å². The number of hydrazine groups is 1. The van der Waals surface area contributed by atoms with Crippen molar-refractivity contribution in [3.8, 4) is 5.75 Å². The van der Waals surface area contributed by atoms with E-state index < -0.39 is 0 Å². The summed E-state index contributed by atoms with van der Waals surface area (Å²) in [6, 6.07) is 9.46.